The minimum absolute atomic E-state index is 0.141. The van der Waals surface area contributed by atoms with Crippen LogP contribution in [0.3, 0.4) is 0 Å². The predicted molar refractivity (Wildman–Crippen MR) is 145 cm³/mol. The smallest absolute Gasteiger partial charge is 0.296 e. The maximum Gasteiger partial charge on any atom is 0.328 e. The number of nitrogens with zero attached hydrogens (tertiary/aromatic N) is 6. The lowest BCUT2D eigenvalue weighted by molar-refractivity contribution is 0.313. The molecule has 4 aromatic rings. The van der Waals surface area contributed by atoms with Gasteiger partial charge in [-0.3, -0.25) is 14.1 Å². The average molecular weight is 500 g/mol. The molecule has 8 nitrogen and oxygen atoms in total. The molecule has 1 saturated carbocycles. The normalized spacial score (nSPS) is 14.3. The van der Waals surface area contributed by atoms with Crippen molar-refractivity contribution in [2.75, 3.05) is 0 Å². The molecule has 1 N–H and O–H groups in total. The van der Waals surface area contributed by atoms with Crippen molar-refractivity contribution in [3.8, 4) is 22.6 Å². The van der Waals surface area contributed by atoms with Gasteiger partial charge in [0, 0.05) is 35.3 Å². The third kappa shape index (κ3) is 5.58. The van der Waals surface area contributed by atoms with Crippen LogP contribution in [0.1, 0.15) is 75.2 Å². The highest BCUT2D eigenvalue weighted by Gasteiger charge is 2.21. The number of aromatic nitrogens is 7. The van der Waals surface area contributed by atoms with Crippen molar-refractivity contribution in [3.63, 3.8) is 0 Å². The van der Waals surface area contributed by atoms with Crippen LogP contribution in [0.25, 0.3) is 22.6 Å². The van der Waals surface area contributed by atoms with E-state index >= 15 is 0 Å². The number of nitrogens with one attached hydrogen (secondary N) is 1. The molecule has 0 atom stereocenters. The Balaban J connectivity index is 1.42. The van der Waals surface area contributed by atoms with Gasteiger partial charge in [0.1, 0.15) is 0 Å². The van der Waals surface area contributed by atoms with Gasteiger partial charge in [0.05, 0.1) is 12.2 Å². The Labute approximate surface area is 218 Å². The van der Waals surface area contributed by atoms with E-state index in [0.717, 1.165) is 47.5 Å². The molecule has 0 aliphatic heterocycles. The molecule has 0 amide bonds. The first-order chi connectivity index (χ1) is 18.2. The summed E-state index contributed by atoms with van der Waals surface area (Å²) in [5.41, 5.74) is 6.21. The van der Waals surface area contributed by atoms with Crippen molar-refractivity contribution in [1.82, 2.24) is 34.7 Å². The van der Waals surface area contributed by atoms with Crippen LogP contribution in [0.5, 0.6) is 0 Å². The molecule has 0 spiro atoms. The molecule has 0 bridgehead atoms. The number of hydrogen-bond donors (Lipinski definition) is 1. The molecule has 37 heavy (non-hydrogen) atoms. The fraction of sp³-hybridized carbons (Fsp3) is 0.483. The van der Waals surface area contributed by atoms with Gasteiger partial charge in [0.2, 0.25) is 5.82 Å². The summed E-state index contributed by atoms with van der Waals surface area (Å²) in [6, 6.07) is 12.1. The summed E-state index contributed by atoms with van der Waals surface area (Å²) in [6.07, 6.45) is 12.6. The summed E-state index contributed by atoms with van der Waals surface area (Å²) in [5.74, 6) is 1.14. The molecule has 1 aromatic carbocycles. The topological polar surface area (TPSA) is 94.3 Å². The van der Waals surface area contributed by atoms with Crippen LogP contribution in [-0.4, -0.2) is 34.7 Å². The molecular formula is C29H37N7O. The highest BCUT2D eigenvalue weighted by molar-refractivity contribution is 5.76. The Hall–Kier alpha value is -3.55. The van der Waals surface area contributed by atoms with Crippen LogP contribution in [0.2, 0.25) is 0 Å². The third-order valence-electron chi connectivity index (χ3n) is 7.75. The first-order valence-corrected chi connectivity index (χ1v) is 13.7. The molecule has 1 aliphatic rings. The highest BCUT2D eigenvalue weighted by atomic mass is 16.1. The number of imidazole rings is 1. The largest absolute Gasteiger partial charge is 0.328 e. The highest BCUT2D eigenvalue weighted by Crippen LogP contribution is 2.28. The van der Waals surface area contributed by atoms with Gasteiger partial charge in [-0.25, -0.2) is 4.79 Å². The lowest BCUT2D eigenvalue weighted by Gasteiger charge is -2.22. The molecule has 1 fully saturated rings. The molecule has 1 aliphatic carbocycles. The van der Waals surface area contributed by atoms with Crippen molar-refractivity contribution in [1.29, 1.82) is 0 Å². The lowest BCUT2D eigenvalue weighted by Crippen LogP contribution is -2.28. The van der Waals surface area contributed by atoms with E-state index in [1.807, 2.05) is 16.7 Å². The number of unbranched alkanes of at least 4 members (excludes halogenated alkanes) is 2. The Morgan fingerprint density at radius 3 is 2.57 bits per heavy atom. The maximum atomic E-state index is 13.7. The second-order valence-electron chi connectivity index (χ2n) is 10.3. The quantitative estimate of drug-likeness (QED) is 0.288. The minimum atomic E-state index is 0.141. The molecule has 0 radical (unpaired) electrons. The van der Waals surface area contributed by atoms with Crippen LogP contribution in [-0.2, 0) is 19.5 Å². The van der Waals surface area contributed by atoms with E-state index in [1.165, 1.54) is 50.6 Å². The van der Waals surface area contributed by atoms with Gasteiger partial charge in [-0.05, 0) is 61.4 Å². The average Bonchev–Trinajstić information content (AvgIpc) is 3.55. The van der Waals surface area contributed by atoms with E-state index in [0.29, 0.717) is 18.3 Å². The molecular weight excluding hydrogens is 462 g/mol. The van der Waals surface area contributed by atoms with Gasteiger partial charge in [-0.15, -0.1) is 10.2 Å². The summed E-state index contributed by atoms with van der Waals surface area (Å²) in [5, 5.41) is 14.4. The number of rotatable bonds is 10. The number of tetrazole rings is 1. The first-order valence-electron chi connectivity index (χ1n) is 13.7. The number of hydrogen-bond acceptors (Lipinski definition) is 5. The zero-order chi connectivity index (χ0) is 25.6. The Morgan fingerprint density at radius 2 is 1.84 bits per heavy atom. The van der Waals surface area contributed by atoms with Gasteiger partial charge in [-0.1, -0.05) is 63.3 Å². The van der Waals surface area contributed by atoms with Crippen molar-refractivity contribution in [2.45, 2.75) is 84.7 Å². The zero-order valence-corrected chi connectivity index (χ0v) is 22.0. The Bertz CT molecular complexity index is 1350. The van der Waals surface area contributed by atoms with Gasteiger partial charge in [0.25, 0.3) is 0 Å². The zero-order valence-electron chi connectivity index (χ0n) is 22.0. The number of benzene rings is 1. The van der Waals surface area contributed by atoms with Crippen LogP contribution in [0.4, 0.5) is 0 Å². The molecule has 0 unspecified atom stereocenters. The number of pyridine rings is 1. The third-order valence-corrected chi connectivity index (χ3v) is 7.75. The summed E-state index contributed by atoms with van der Waals surface area (Å²) in [4.78, 5) is 18.3. The Morgan fingerprint density at radius 1 is 1.03 bits per heavy atom. The lowest BCUT2D eigenvalue weighted by atomic mass is 9.89. The molecule has 3 aromatic heterocycles. The van der Waals surface area contributed by atoms with E-state index in [1.54, 1.807) is 6.20 Å². The van der Waals surface area contributed by atoms with E-state index in [-0.39, 0.29) is 5.69 Å². The summed E-state index contributed by atoms with van der Waals surface area (Å²) in [7, 11) is 0. The SMILES string of the molecule is CCCCCc1c(C)n(CC2CCCCC2)c(=O)n1Cc1ccc(-c2ncccc2-c2nn[nH]n2)cc1. The number of aromatic amines is 1. The van der Waals surface area contributed by atoms with E-state index in [2.05, 4.69) is 68.3 Å². The molecule has 8 heteroatoms. The van der Waals surface area contributed by atoms with Crippen LogP contribution in [0, 0.1) is 12.8 Å². The van der Waals surface area contributed by atoms with E-state index in [9.17, 15) is 4.79 Å². The first kappa shape index (κ1) is 25.1. The van der Waals surface area contributed by atoms with Crippen molar-refractivity contribution >= 4 is 0 Å². The van der Waals surface area contributed by atoms with Crippen LogP contribution >= 0.6 is 0 Å². The second-order valence-corrected chi connectivity index (χ2v) is 10.3. The molecule has 5 rings (SSSR count). The van der Waals surface area contributed by atoms with E-state index in [4.69, 9.17) is 0 Å². The predicted octanol–water partition coefficient (Wildman–Crippen LogP) is 5.56. The van der Waals surface area contributed by atoms with Gasteiger partial charge in [0.15, 0.2) is 0 Å². The fourth-order valence-corrected chi connectivity index (χ4v) is 5.66. The Kier molecular flexibility index (Phi) is 7.92. The molecule has 3 heterocycles. The van der Waals surface area contributed by atoms with Crippen molar-refractivity contribution < 1.29 is 0 Å². The van der Waals surface area contributed by atoms with Gasteiger partial charge in [-0.2, -0.15) is 5.21 Å². The molecule has 194 valence electrons. The second kappa shape index (κ2) is 11.7. The van der Waals surface area contributed by atoms with Gasteiger partial charge >= 0.3 is 5.69 Å². The van der Waals surface area contributed by atoms with Gasteiger partial charge < -0.3 is 0 Å². The van der Waals surface area contributed by atoms with Crippen LogP contribution < -0.4 is 5.69 Å². The standard InChI is InChI=1S/C29H37N7O/c1-3-4-6-13-26-21(2)35(19-22-10-7-5-8-11-22)29(37)36(26)20-23-14-16-24(17-15-23)27-25(12-9-18-30-27)28-31-33-34-32-28/h9,12,14-18,22H,3-8,10-11,13,19-20H2,1-2H3,(H,31,32,33,34). The fourth-order valence-electron chi connectivity index (χ4n) is 5.66. The summed E-state index contributed by atoms with van der Waals surface area (Å²) in [6.45, 7) is 5.81. The van der Waals surface area contributed by atoms with Crippen LogP contribution in [0.15, 0.2) is 47.4 Å². The summed E-state index contributed by atoms with van der Waals surface area (Å²) < 4.78 is 4.09. The summed E-state index contributed by atoms with van der Waals surface area (Å²) >= 11 is 0. The minimum Gasteiger partial charge on any atom is -0.296 e. The monoisotopic (exact) mass is 499 g/mol. The van der Waals surface area contributed by atoms with E-state index < -0.39 is 0 Å². The number of H-pyrrole nitrogens is 1. The van der Waals surface area contributed by atoms with Crippen molar-refractivity contribution in [2.24, 2.45) is 5.92 Å². The maximum absolute atomic E-state index is 13.7. The molecule has 0 saturated heterocycles. The van der Waals surface area contributed by atoms with Crippen molar-refractivity contribution in [3.05, 3.63) is 70.0 Å².